The number of hydrogen-bond acceptors (Lipinski definition) is 4. The number of rotatable bonds is 4. The van der Waals surface area contributed by atoms with Crippen LogP contribution in [0, 0.1) is 0 Å². The van der Waals surface area contributed by atoms with E-state index in [2.05, 4.69) is 6.58 Å². The Labute approximate surface area is 151 Å². The number of carbonyl (C=O) groups is 1. The lowest BCUT2D eigenvalue weighted by Gasteiger charge is -2.14. The van der Waals surface area contributed by atoms with Crippen LogP contribution < -0.4 is 9.88 Å². The Bertz CT molecular complexity index is 1130. The van der Waals surface area contributed by atoms with Crippen molar-refractivity contribution in [3.63, 3.8) is 0 Å². The monoisotopic (exact) mass is 367 g/mol. The van der Waals surface area contributed by atoms with E-state index < -0.39 is 16.0 Å². The summed E-state index contributed by atoms with van der Waals surface area (Å²) in [5.41, 5.74) is 1.43. The summed E-state index contributed by atoms with van der Waals surface area (Å²) in [5.74, 6) is -0.201. The van der Waals surface area contributed by atoms with Crippen molar-refractivity contribution in [2.45, 2.75) is 11.8 Å². The van der Waals surface area contributed by atoms with Gasteiger partial charge in [0.25, 0.3) is 0 Å². The molecule has 3 aromatic rings. The summed E-state index contributed by atoms with van der Waals surface area (Å²) >= 11 is 0. The van der Waals surface area contributed by atoms with E-state index in [1.54, 1.807) is 25.1 Å². The molecule has 0 atom stereocenters. The molecule has 0 saturated carbocycles. The van der Waals surface area contributed by atoms with Gasteiger partial charge in [0.2, 0.25) is 10.0 Å². The molecule has 0 aliphatic heterocycles. The summed E-state index contributed by atoms with van der Waals surface area (Å²) in [6, 6.07) is 17.3. The van der Waals surface area contributed by atoms with Gasteiger partial charge in [0.1, 0.15) is 5.75 Å². The first-order chi connectivity index (χ1) is 12.3. The Kier molecular flexibility index (Phi) is 4.63. The highest BCUT2D eigenvalue weighted by Crippen LogP contribution is 2.37. The molecule has 0 radical (unpaired) electrons. The number of fused-ring (bicyclic) bond motifs is 1. The van der Waals surface area contributed by atoms with Gasteiger partial charge in [-0.1, -0.05) is 49.0 Å². The van der Waals surface area contributed by atoms with Gasteiger partial charge in [-0.15, -0.1) is 0 Å². The topological polar surface area (TPSA) is 86.5 Å². The van der Waals surface area contributed by atoms with Gasteiger partial charge in [-0.2, -0.15) is 0 Å². The largest absolute Gasteiger partial charge is 0.422 e. The summed E-state index contributed by atoms with van der Waals surface area (Å²) in [4.78, 5) is 12.1. The number of carbonyl (C=O) groups excluding carboxylic acids is 1. The van der Waals surface area contributed by atoms with Crippen LogP contribution in [0.4, 0.5) is 0 Å². The summed E-state index contributed by atoms with van der Waals surface area (Å²) < 4.78 is 28.9. The molecule has 2 N–H and O–H groups in total. The smallest absolute Gasteiger partial charge is 0.338 e. The van der Waals surface area contributed by atoms with E-state index >= 15 is 0 Å². The molecule has 0 aliphatic rings. The van der Waals surface area contributed by atoms with Crippen LogP contribution in [0.2, 0.25) is 0 Å². The lowest BCUT2D eigenvalue weighted by molar-refractivity contribution is -0.129. The number of esters is 1. The predicted octanol–water partition coefficient (Wildman–Crippen LogP) is 3.64. The molecule has 0 aromatic heterocycles. The molecule has 0 saturated heterocycles. The van der Waals surface area contributed by atoms with Crippen LogP contribution in [0.25, 0.3) is 21.9 Å². The second-order valence-electron chi connectivity index (χ2n) is 5.91. The van der Waals surface area contributed by atoms with Crippen molar-refractivity contribution in [1.82, 2.24) is 0 Å². The van der Waals surface area contributed by atoms with Crippen LogP contribution in [0.1, 0.15) is 6.92 Å². The second kappa shape index (κ2) is 6.74. The summed E-state index contributed by atoms with van der Waals surface area (Å²) in [7, 11) is -3.85. The Morgan fingerprint density at radius 3 is 2.46 bits per heavy atom. The quantitative estimate of drug-likeness (QED) is 0.433. The molecule has 0 spiro atoms. The third-order valence-electron chi connectivity index (χ3n) is 3.90. The first-order valence-electron chi connectivity index (χ1n) is 7.80. The zero-order valence-corrected chi connectivity index (χ0v) is 14.9. The van der Waals surface area contributed by atoms with Crippen LogP contribution in [0.5, 0.6) is 5.75 Å². The molecule has 0 bridgehead atoms. The molecule has 132 valence electrons. The van der Waals surface area contributed by atoms with Crippen LogP contribution in [-0.4, -0.2) is 14.4 Å². The standard InChI is InChI=1S/C20H17NO4S/c1-13(2)20(22)25-19-17-9-4-3-6-14(17)10-11-18(19)15-7-5-8-16(12-15)26(21,23)24/h3-12H,1H2,2H3,(H2,21,23,24). The minimum Gasteiger partial charge on any atom is -0.422 e. The van der Waals surface area contributed by atoms with E-state index in [9.17, 15) is 13.2 Å². The van der Waals surface area contributed by atoms with Gasteiger partial charge in [0.05, 0.1) is 4.90 Å². The fourth-order valence-corrected chi connectivity index (χ4v) is 3.16. The normalized spacial score (nSPS) is 11.3. The van der Waals surface area contributed by atoms with E-state index in [1.165, 1.54) is 12.1 Å². The van der Waals surface area contributed by atoms with Crippen LogP contribution in [0.15, 0.2) is 77.7 Å². The molecule has 3 aromatic carbocycles. The molecule has 26 heavy (non-hydrogen) atoms. The van der Waals surface area contributed by atoms with Crippen LogP contribution in [-0.2, 0) is 14.8 Å². The summed E-state index contributed by atoms with van der Waals surface area (Å²) in [6.07, 6.45) is 0. The van der Waals surface area contributed by atoms with Gasteiger partial charge in [0.15, 0.2) is 0 Å². The fourth-order valence-electron chi connectivity index (χ4n) is 2.60. The number of sulfonamides is 1. The maximum Gasteiger partial charge on any atom is 0.338 e. The third kappa shape index (κ3) is 3.51. The van der Waals surface area contributed by atoms with Gasteiger partial charge >= 0.3 is 5.97 Å². The number of nitrogens with two attached hydrogens (primary N) is 1. The molecular weight excluding hydrogens is 350 g/mol. The minimum atomic E-state index is -3.85. The van der Waals surface area contributed by atoms with Crippen molar-refractivity contribution in [2.75, 3.05) is 0 Å². The van der Waals surface area contributed by atoms with Gasteiger partial charge < -0.3 is 4.74 Å². The zero-order chi connectivity index (χ0) is 18.9. The Morgan fingerprint density at radius 2 is 1.77 bits per heavy atom. The molecule has 0 unspecified atom stereocenters. The molecular formula is C20H17NO4S. The van der Waals surface area contributed by atoms with Crippen molar-refractivity contribution in [3.05, 3.63) is 72.8 Å². The van der Waals surface area contributed by atoms with Gasteiger partial charge in [0, 0.05) is 16.5 Å². The van der Waals surface area contributed by atoms with Crippen LogP contribution >= 0.6 is 0 Å². The van der Waals surface area contributed by atoms with Gasteiger partial charge in [-0.3, -0.25) is 0 Å². The first-order valence-corrected chi connectivity index (χ1v) is 9.34. The Morgan fingerprint density at radius 1 is 1.04 bits per heavy atom. The number of ether oxygens (including phenoxy) is 1. The molecule has 0 heterocycles. The highest BCUT2D eigenvalue weighted by Gasteiger charge is 2.17. The van der Waals surface area contributed by atoms with Crippen LogP contribution in [0.3, 0.4) is 0 Å². The van der Waals surface area contributed by atoms with Gasteiger partial charge in [-0.05, 0) is 36.1 Å². The molecule has 5 nitrogen and oxygen atoms in total. The van der Waals surface area contributed by atoms with Crippen molar-refractivity contribution < 1.29 is 17.9 Å². The average Bonchev–Trinajstić information content (AvgIpc) is 2.61. The molecule has 3 rings (SSSR count). The maximum atomic E-state index is 12.1. The van der Waals surface area contributed by atoms with E-state index in [0.29, 0.717) is 16.9 Å². The second-order valence-corrected chi connectivity index (χ2v) is 7.47. The van der Waals surface area contributed by atoms with Crippen molar-refractivity contribution in [3.8, 4) is 16.9 Å². The lowest BCUT2D eigenvalue weighted by Crippen LogP contribution is -2.12. The molecule has 0 aliphatic carbocycles. The Hall–Kier alpha value is -2.96. The molecule has 0 fully saturated rings. The third-order valence-corrected chi connectivity index (χ3v) is 4.81. The fraction of sp³-hybridized carbons (Fsp3) is 0.0500. The lowest BCUT2D eigenvalue weighted by atomic mass is 9.99. The SMILES string of the molecule is C=C(C)C(=O)Oc1c(-c2cccc(S(N)(=O)=O)c2)ccc2ccccc12. The summed E-state index contributed by atoms with van der Waals surface area (Å²) in [6.45, 7) is 5.17. The average molecular weight is 367 g/mol. The number of hydrogen-bond donors (Lipinski definition) is 1. The minimum absolute atomic E-state index is 0.0136. The number of primary sulfonamides is 1. The zero-order valence-electron chi connectivity index (χ0n) is 14.1. The van der Waals surface area contributed by atoms with E-state index in [1.807, 2.05) is 30.3 Å². The summed E-state index contributed by atoms with van der Waals surface area (Å²) in [5, 5.41) is 6.86. The van der Waals surface area contributed by atoms with E-state index in [4.69, 9.17) is 9.88 Å². The van der Waals surface area contributed by atoms with E-state index in [0.717, 1.165) is 10.8 Å². The van der Waals surface area contributed by atoms with Crippen molar-refractivity contribution in [1.29, 1.82) is 0 Å². The van der Waals surface area contributed by atoms with Crippen molar-refractivity contribution >= 4 is 26.8 Å². The Balaban J connectivity index is 2.26. The first kappa shape index (κ1) is 17.8. The number of benzene rings is 3. The van der Waals surface area contributed by atoms with E-state index in [-0.39, 0.29) is 10.5 Å². The van der Waals surface area contributed by atoms with Gasteiger partial charge in [-0.25, -0.2) is 18.4 Å². The highest BCUT2D eigenvalue weighted by atomic mass is 32.2. The molecule has 0 amide bonds. The van der Waals surface area contributed by atoms with Crippen molar-refractivity contribution in [2.24, 2.45) is 5.14 Å². The highest BCUT2D eigenvalue weighted by molar-refractivity contribution is 7.89. The maximum absolute atomic E-state index is 12.1. The predicted molar refractivity (Wildman–Crippen MR) is 101 cm³/mol. The molecule has 6 heteroatoms.